The normalized spacial score (nSPS) is 23.6. The van der Waals surface area contributed by atoms with Crippen LogP contribution in [-0.2, 0) is 4.79 Å². The molecule has 0 spiro atoms. The fraction of sp³-hybridized carbons (Fsp3) is 0.250. The van der Waals surface area contributed by atoms with Gasteiger partial charge in [0.2, 0.25) is 0 Å². The van der Waals surface area contributed by atoms with Crippen LogP contribution in [0.25, 0.3) is 0 Å². The Kier molecular flexibility index (Phi) is 3.74. The minimum atomic E-state index is 0.0716. The van der Waals surface area contributed by atoms with Gasteiger partial charge in [-0.25, -0.2) is 0 Å². The second-order valence-electron chi connectivity index (χ2n) is 6.36. The Hall–Kier alpha value is -2.00. The molecule has 116 valence electrons. The molecule has 0 aromatic heterocycles. The number of carbonyl (C=O) groups is 1. The number of benzene rings is 2. The zero-order valence-corrected chi connectivity index (χ0v) is 13.9. The topological polar surface area (TPSA) is 29.1 Å². The Labute approximate surface area is 141 Å². The molecule has 1 aliphatic carbocycles. The van der Waals surface area contributed by atoms with E-state index in [-0.39, 0.29) is 5.25 Å². The van der Waals surface area contributed by atoms with Gasteiger partial charge in [-0.15, -0.1) is 11.8 Å². The van der Waals surface area contributed by atoms with Gasteiger partial charge in [-0.3, -0.25) is 4.79 Å². The van der Waals surface area contributed by atoms with Crippen LogP contribution in [0.15, 0.2) is 70.8 Å². The van der Waals surface area contributed by atoms with Gasteiger partial charge in [-0.05, 0) is 30.0 Å². The molecule has 1 aliphatic heterocycles. The minimum Gasteiger partial charge on any atom is -0.358 e. The van der Waals surface area contributed by atoms with E-state index in [4.69, 9.17) is 0 Å². The van der Waals surface area contributed by atoms with Crippen molar-refractivity contribution in [2.45, 2.75) is 29.9 Å². The molecule has 23 heavy (non-hydrogen) atoms. The Bertz CT molecular complexity index is 781. The molecule has 0 saturated carbocycles. The summed E-state index contributed by atoms with van der Waals surface area (Å²) in [4.78, 5) is 14.0. The first kappa shape index (κ1) is 14.6. The number of carbonyl (C=O) groups excluding carboxylic acids is 1. The highest BCUT2D eigenvalue weighted by atomic mass is 32.2. The van der Waals surface area contributed by atoms with E-state index in [2.05, 4.69) is 54.7 Å². The summed E-state index contributed by atoms with van der Waals surface area (Å²) >= 11 is 1.78. The Morgan fingerprint density at radius 1 is 1.00 bits per heavy atom. The van der Waals surface area contributed by atoms with Crippen molar-refractivity contribution in [2.75, 3.05) is 5.32 Å². The van der Waals surface area contributed by atoms with Gasteiger partial charge in [0.15, 0.2) is 5.78 Å². The molecule has 2 nitrogen and oxygen atoms in total. The van der Waals surface area contributed by atoms with Crippen molar-refractivity contribution in [3.05, 3.63) is 71.4 Å². The Balaban J connectivity index is 1.88. The molecule has 0 saturated heterocycles. The lowest BCUT2D eigenvalue weighted by Crippen LogP contribution is -2.23. The molecule has 0 amide bonds. The van der Waals surface area contributed by atoms with Gasteiger partial charge in [0.25, 0.3) is 0 Å². The van der Waals surface area contributed by atoms with Gasteiger partial charge in [0, 0.05) is 22.6 Å². The first-order chi connectivity index (χ1) is 11.2. The van der Waals surface area contributed by atoms with Crippen LogP contribution < -0.4 is 5.32 Å². The molecule has 0 bridgehead atoms. The molecule has 2 aromatic carbocycles. The van der Waals surface area contributed by atoms with E-state index >= 15 is 0 Å². The molecule has 0 unspecified atom stereocenters. The predicted molar refractivity (Wildman–Crippen MR) is 95.5 cm³/mol. The Morgan fingerprint density at radius 3 is 2.57 bits per heavy atom. The summed E-state index contributed by atoms with van der Waals surface area (Å²) in [5.74, 6) is 0.695. The number of fused-ring (bicyclic) bond motifs is 1. The number of thioether (sulfide) groups is 1. The van der Waals surface area contributed by atoms with Gasteiger partial charge in [0.1, 0.15) is 0 Å². The van der Waals surface area contributed by atoms with E-state index in [0.29, 0.717) is 18.1 Å². The molecule has 2 aromatic rings. The van der Waals surface area contributed by atoms with Gasteiger partial charge in [-0.2, -0.15) is 0 Å². The zero-order valence-electron chi connectivity index (χ0n) is 13.1. The summed E-state index contributed by atoms with van der Waals surface area (Å²) in [6.45, 7) is 2.16. The second-order valence-corrected chi connectivity index (χ2v) is 7.51. The molecular weight excluding hydrogens is 302 g/mol. The quantitative estimate of drug-likeness (QED) is 0.783. The summed E-state index contributed by atoms with van der Waals surface area (Å²) < 4.78 is 0. The number of hydrogen-bond acceptors (Lipinski definition) is 3. The number of anilines is 1. The van der Waals surface area contributed by atoms with Crippen LogP contribution in [-0.4, -0.2) is 5.78 Å². The maximum absolute atomic E-state index is 12.8. The summed E-state index contributed by atoms with van der Waals surface area (Å²) in [6.07, 6.45) is 1.60. The first-order valence-corrected chi connectivity index (χ1v) is 8.94. The fourth-order valence-corrected chi connectivity index (χ4v) is 4.77. The van der Waals surface area contributed by atoms with Gasteiger partial charge < -0.3 is 5.32 Å². The molecule has 2 atom stereocenters. The third kappa shape index (κ3) is 2.70. The second kappa shape index (κ2) is 5.89. The zero-order chi connectivity index (χ0) is 15.8. The number of rotatable bonds is 1. The van der Waals surface area contributed by atoms with Crippen LogP contribution in [0.5, 0.6) is 0 Å². The molecule has 1 heterocycles. The molecule has 4 rings (SSSR count). The van der Waals surface area contributed by atoms with E-state index in [1.54, 1.807) is 11.8 Å². The lowest BCUT2D eigenvalue weighted by atomic mass is 9.84. The summed E-state index contributed by atoms with van der Waals surface area (Å²) in [7, 11) is 0. The first-order valence-electron chi connectivity index (χ1n) is 8.06. The van der Waals surface area contributed by atoms with Crippen molar-refractivity contribution in [1.29, 1.82) is 0 Å². The fourth-order valence-electron chi connectivity index (χ4n) is 3.43. The van der Waals surface area contributed by atoms with Crippen molar-refractivity contribution in [1.82, 2.24) is 0 Å². The summed E-state index contributed by atoms with van der Waals surface area (Å²) in [6, 6.07) is 18.7. The average molecular weight is 321 g/mol. The van der Waals surface area contributed by atoms with Gasteiger partial charge in [-0.1, -0.05) is 49.4 Å². The Morgan fingerprint density at radius 2 is 1.74 bits per heavy atom. The lowest BCUT2D eigenvalue weighted by molar-refractivity contribution is -0.116. The molecule has 1 N–H and O–H groups in total. The molecule has 0 fully saturated rings. The number of nitrogens with one attached hydrogen (secondary N) is 1. The highest BCUT2D eigenvalue weighted by Gasteiger charge is 2.34. The maximum atomic E-state index is 12.8. The van der Waals surface area contributed by atoms with Gasteiger partial charge >= 0.3 is 0 Å². The summed E-state index contributed by atoms with van der Waals surface area (Å²) in [5.41, 5.74) is 4.40. The van der Waals surface area contributed by atoms with E-state index in [9.17, 15) is 4.79 Å². The summed E-state index contributed by atoms with van der Waals surface area (Å²) in [5, 5.41) is 3.63. The number of hydrogen-bond donors (Lipinski definition) is 1. The van der Waals surface area contributed by atoms with Crippen molar-refractivity contribution >= 4 is 23.2 Å². The van der Waals surface area contributed by atoms with E-state index in [1.165, 1.54) is 10.5 Å². The third-order valence-corrected chi connectivity index (χ3v) is 5.85. The van der Waals surface area contributed by atoms with Crippen LogP contribution in [0, 0.1) is 5.92 Å². The number of ketones is 1. The molecule has 3 heteroatoms. The highest BCUT2D eigenvalue weighted by Crippen LogP contribution is 2.49. The van der Waals surface area contributed by atoms with Crippen LogP contribution >= 0.6 is 11.8 Å². The lowest BCUT2D eigenvalue weighted by Gasteiger charge is -2.27. The predicted octanol–water partition coefficient (Wildman–Crippen LogP) is 5.20. The van der Waals surface area contributed by atoms with Crippen molar-refractivity contribution in [3.8, 4) is 0 Å². The van der Waals surface area contributed by atoms with E-state index in [1.807, 2.05) is 12.1 Å². The minimum absolute atomic E-state index is 0.0716. The molecule has 0 radical (unpaired) electrons. The van der Waals surface area contributed by atoms with Crippen LogP contribution in [0.1, 0.15) is 30.6 Å². The van der Waals surface area contributed by atoms with Crippen LogP contribution in [0.3, 0.4) is 0 Å². The smallest absolute Gasteiger partial charge is 0.162 e. The van der Waals surface area contributed by atoms with E-state index < -0.39 is 0 Å². The van der Waals surface area contributed by atoms with Crippen LogP contribution in [0.2, 0.25) is 0 Å². The van der Waals surface area contributed by atoms with Crippen molar-refractivity contribution < 1.29 is 4.79 Å². The van der Waals surface area contributed by atoms with E-state index in [0.717, 1.165) is 23.4 Å². The monoisotopic (exact) mass is 321 g/mol. The molecule has 2 aliphatic rings. The molecular formula is C20H19NOS. The number of allylic oxidation sites excluding steroid dienone is 1. The van der Waals surface area contributed by atoms with Crippen molar-refractivity contribution in [3.63, 3.8) is 0 Å². The standard InChI is InChI=1S/C20H19NOS/c1-13-11-16-19(17(22)12-13)20(14-7-3-2-4-8-14)23-18-10-6-5-9-15(18)21-16/h2-10,13,20-21H,11-12H2,1H3/t13-,20-/m1/s1. The van der Waals surface area contributed by atoms with Crippen molar-refractivity contribution in [2.24, 2.45) is 5.92 Å². The number of para-hydroxylation sites is 1. The SMILES string of the molecule is C[C@H]1CC(=O)C2=C(C1)Nc1ccccc1S[C@@H]2c1ccccc1. The largest absolute Gasteiger partial charge is 0.358 e. The number of Topliss-reactive ketones (excluding diaryl/α,β-unsaturated/α-hetero) is 1. The maximum Gasteiger partial charge on any atom is 0.162 e. The van der Waals surface area contributed by atoms with Crippen LogP contribution in [0.4, 0.5) is 5.69 Å². The van der Waals surface area contributed by atoms with Gasteiger partial charge in [0.05, 0.1) is 10.9 Å². The average Bonchev–Trinajstić information content (AvgIpc) is 2.72. The highest BCUT2D eigenvalue weighted by molar-refractivity contribution is 8.00. The third-order valence-electron chi connectivity index (χ3n) is 4.49.